The number of hydrogen-bond acceptors (Lipinski definition) is 2. The van der Waals surface area contributed by atoms with E-state index in [1.807, 2.05) is 6.92 Å². The van der Waals surface area contributed by atoms with Crippen molar-refractivity contribution in [2.24, 2.45) is 5.92 Å². The third kappa shape index (κ3) is 6.79. The molecule has 0 rings (SSSR count). The number of alkyl halides is 2. The summed E-state index contributed by atoms with van der Waals surface area (Å²) >= 11 is 0. The van der Waals surface area contributed by atoms with Gasteiger partial charge in [-0.3, -0.25) is 0 Å². The average Bonchev–Trinajstić information content (AvgIpc) is 2.14. The SMILES string of the molecule is CCCCCC(CC(O)OC)C(C)(F)F. The van der Waals surface area contributed by atoms with Crippen LogP contribution in [0.15, 0.2) is 0 Å². The highest BCUT2D eigenvalue weighted by atomic mass is 19.3. The number of halogens is 2. The predicted octanol–water partition coefficient (Wildman–Crippen LogP) is 3.19. The van der Waals surface area contributed by atoms with Gasteiger partial charge in [0, 0.05) is 19.4 Å². The van der Waals surface area contributed by atoms with Crippen molar-refractivity contribution in [1.29, 1.82) is 0 Å². The zero-order valence-electron chi connectivity index (χ0n) is 9.80. The van der Waals surface area contributed by atoms with Crippen molar-refractivity contribution in [2.45, 2.75) is 58.2 Å². The second kappa shape index (κ2) is 7.12. The summed E-state index contributed by atoms with van der Waals surface area (Å²) in [5.41, 5.74) is 0. The van der Waals surface area contributed by atoms with Gasteiger partial charge in [-0.1, -0.05) is 26.2 Å². The monoisotopic (exact) mass is 224 g/mol. The Kier molecular flexibility index (Phi) is 7.02. The van der Waals surface area contributed by atoms with Gasteiger partial charge in [-0.05, 0) is 13.3 Å². The lowest BCUT2D eigenvalue weighted by Gasteiger charge is -2.25. The lowest BCUT2D eigenvalue weighted by Crippen LogP contribution is -2.29. The number of aliphatic hydroxyl groups excluding tert-OH is 1. The highest BCUT2D eigenvalue weighted by Gasteiger charge is 2.34. The third-order valence-corrected chi connectivity index (χ3v) is 2.63. The Morgan fingerprint density at radius 3 is 2.33 bits per heavy atom. The van der Waals surface area contributed by atoms with E-state index in [0.717, 1.165) is 26.2 Å². The first-order chi connectivity index (χ1) is 6.91. The van der Waals surface area contributed by atoms with Gasteiger partial charge < -0.3 is 9.84 Å². The zero-order valence-corrected chi connectivity index (χ0v) is 9.80. The Morgan fingerprint density at radius 1 is 1.33 bits per heavy atom. The summed E-state index contributed by atoms with van der Waals surface area (Å²) in [6.45, 7) is 2.94. The maximum absolute atomic E-state index is 13.1. The minimum atomic E-state index is -2.74. The van der Waals surface area contributed by atoms with E-state index in [0.29, 0.717) is 6.42 Å². The lowest BCUT2D eigenvalue weighted by molar-refractivity contribution is -0.125. The van der Waals surface area contributed by atoms with E-state index in [1.165, 1.54) is 7.11 Å². The number of hydrogen-bond donors (Lipinski definition) is 1. The Balaban J connectivity index is 4.08. The average molecular weight is 224 g/mol. The van der Waals surface area contributed by atoms with Gasteiger partial charge in [0.2, 0.25) is 5.92 Å². The van der Waals surface area contributed by atoms with Crippen molar-refractivity contribution >= 4 is 0 Å². The fourth-order valence-electron chi connectivity index (χ4n) is 1.56. The van der Waals surface area contributed by atoms with Crippen molar-refractivity contribution in [3.05, 3.63) is 0 Å². The fraction of sp³-hybridized carbons (Fsp3) is 1.00. The van der Waals surface area contributed by atoms with Crippen molar-refractivity contribution in [1.82, 2.24) is 0 Å². The summed E-state index contributed by atoms with van der Waals surface area (Å²) in [6.07, 6.45) is 2.11. The van der Waals surface area contributed by atoms with E-state index in [9.17, 15) is 13.9 Å². The molecule has 0 aliphatic heterocycles. The van der Waals surface area contributed by atoms with Crippen LogP contribution in [0, 0.1) is 5.92 Å². The lowest BCUT2D eigenvalue weighted by atomic mass is 9.92. The van der Waals surface area contributed by atoms with E-state index < -0.39 is 18.1 Å². The molecule has 0 amide bonds. The molecule has 2 atom stereocenters. The van der Waals surface area contributed by atoms with Crippen LogP contribution in [0.25, 0.3) is 0 Å². The van der Waals surface area contributed by atoms with Gasteiger partial charge >= 0.3 is 0 Å². The second-order valence-electron chi connectivity index (χ2n) is 4.08. The first-order valence-corrected chi connectivity index (χ1v) is 5.50. The summed E-state index contributed by atoms with van der Waals surface area (Å²) in [4.78, 5) is 0. The molecule has 2 nitrogen and oxygen atoms in total. The van der Waals surface area contributed by atoms with E-state index in [4.69, 9.17) is 0 Å². The van der Waals surface area contributed by atoms with E-state index in [2.05, 4.69) is 4.74 Å². The van der Waals surface area contributed by atoms with Crippen LogP contribution in [-0.4, -0.2) is 24.4 Å². The molecule has 0 radical (unpaired) electrons. The third-order valence-electron chi connectivity index (χ3n) is 2.63. The van der Waals surface area contributed by atoms with Gasteiger partial charge in [0.25, 0.3) is 0 Å². The van der Waals surface area contributed by atoms with Crippen LogP contribution in [0.5, 0.6) is 0 Å². The summed E-state index contributed by atoms with van der Waals surface area (Å²) < 4.78 is 30.9. The summed E-state index contributed by atoms with van der Waals surface area (Å²) in [6, 6.07) is 0. The molecule has 0 saturated carbocycles. The van der Waals surface area contributed by atoms with Gasteiger partial charge in [0.15, 0.2) is 6.29 Å². The van der Waals surface area contributed by atoms with Crippen LogP contribution in [0.4, 0.5) is 8.78 Å². The molecule has 2 unspecified atom stereocenters. The molecule has 0 fully saturated rings. The Bertz CT molecular complexity index is 157. The quantitative estimate of drug-likeness (QED) is 0.507. The molecule has 0 heterocycles. The summed E-state index contributed by atoms with van der Waals surface area (Å²) in [7, 11) is 1.32. The highest BCUT2D eigenvalue weighted by molar-refractivity contribution is 4.73. The van der Waals surface area contributed by atoms with Crippen LogP contribution in [0.1, 0.15) is 46.0 Å². The number of methoxy groups -OCH3 is 1. The van der Waals surface area contributed by atoms with E-state index in [1.54, 1.807) is 0 Å². The molecule has 0 aromatic carbocycles. The molecule has 0 aliphatic rings. The summed E-state index contributed by atoms with van der Waals surface area (Å²) in [5.74, 6) is -3.54. The molecule has 0 saturated heterocycles. The van der Waals surface area contributed by atoms with E-state index >= 15 is 0 Å². The van der Waals surface area contributed by atoms with Crippen molar-refractivity contribution in [2.75, 3.05) is 7.11 Å². The van der Waals surface area contributed by atoms with Gasteiger partial charge in [0.05, 0.1) is 0 Å². The maximum Gasteiger partial charge on any atom is 0.248 e. The van der Waals surface area contributed by atoms with Gasteiger partial charge in [0.1, 0.15) is 0 Å². The molecule has 0 bridgehead atoms. The minimum absolute atomic E-state index is 0.00368. The topological polar surface area (TPSA) is 29.5 Å². The first kappa shape index (κ1) is 14.8. The molecule has 92 valence electrons. The minimum Gasteiger partial charge on any atom is -0.368 e. The molecular formula is C11H22F2O2. The van der Waals surface area contributed by atoms with Crippen molar-refractivity contribution in [3.63, 3.8) is 0 Å². The second-order valence-corrected chi connectivity index (χ2v) is 4.08. The largest absolute Gasteiger partial charge is 0.368 e. The smallest absolute Gasteiger partial charge is 0.248 e. The van der Waals surface area contributed by atoms with Gasteiger partial charge in [-0.2, -0.15) is 0 Å². The molecule has 0 aromatic heterocycles. The number of ether oxygens (including phenoxy) is 1. The summed E-state index contributed by atoms with van der Waals surface area (Å²) in [5, 5.41) is 9.19. The van der Waals surface area contributed by atoms with Crippen molar-refractivity contribution < 1.29 is 18.6 Å². The van der Waals surface area contributed by atoms with E-state index in [-0.39, 0.29) is 6.42 Å². The van der Waals surface area contributed by atoms with Crippen LogP contribution < -0.4 is 0 Å². The number of unbranched alkanes of at least 4 members (excludes halogenated alkanes) is 2. The number of rotatable bonds is 8. The van der Waals surface area contributed by atoms with Crippen LogP contribution >= 0.6 is 0 Å². The Hall–Kier alpha value is -0.220. The number of aliphatic hydroxyl groups is 1. The van der Waals surface area contributed by atoms with Crippen LogP contribution in [-0.2, 0) is 4.74 Å². The van der Waals surface area contributed by atoms with Crippen LogP contribution in [0.2, 0.25) is 0 Å². The van der Waals surface area contributed by atoms with Crippen molar-refractivity contribution in [3.8, 4) is 0 Å². The zero-order chi connectivity index (χ0) is 11.9. The van der Waals surface area contributed by atoms with Gasteiger partial charge in [-0.25, -0.2) is 8.78 Å². The normalized spacial score (nSPS) is 16.4. The van der Waals surface area contributed by atoms with Gasteiger partial charge in [-0.15, -0.1) is 0 Å². The molecule has 0 aromatic rings. The highest BCUT2D eigenvalue weighted by Crippen LogP contribution is 2.32. The fourth-order valence-corrected chi connectivity index (χ4v) is 1.56. The standard InChI is InChI=1S/C11H22F2O2/c1-4-5-6-7-9(11(2,12)13)8-10(14)15-3/h9-10,14H,4-8H2,1-3H3. The Morgan fingerprint density at radius 2 is 1.93 bits per heavy atom. The molecule has 1 N–H and O–H groups in total. The molecular weight excluding hydrogens is 202 g/mol. The van der Waals surface area contributed by atoms with Crippen LogP contribution in [0.3, 0.4) is 0 Å². The maximum atomic E-state index is 13.1. The molecule has 15 heavy (non-hydrogen) atoms. The molecule has 0 spiro atoms. The predicted molar refractivity (Wildman–Crippen MR) is 55.9 cm³/mol. The molecule has 4 heteroatoms. The molecule has 0 aliphatic carbocycles. The first-order valence-electron chi connectivity index (χ1n) is 5.50. The Labute approximate surface area is 90.6 Å².